The van der Waals surface area contributed by atoms with E-state index in [9.17, 15) is 9.50 Å². The van der Waals surface area contributed by atoms with Gasteiger partial charge in [-0.2, -0.15) is 0 Å². The van der Waals surface area contributed by atoms with Gasteiger partial charge in [0.2, 0.25) is 0 Å². The Morgan fingerprint density at radius 2 is 1.65 bits per heavy atom. The van der Waals surface area contributed by atoms with Crippen LogP contribution in [-0.4, -0.2) is 5.11 Å². The minimum Gasteiger partial charge on any atom is -0.364 e. The van der Waals surface area contributed by atoms with Gasteiger partial charge in [0.1, 0.15) is 5.82 Å². The van der Waals surface area contributed by atoms with Crippen LogP contribution < -0.4 is 0 Å². The third kappa shape index (κ3) is 3.37. The molecule has 0 fully saturated rings. The van der Waals surface area contributed by atoms with E-state index in [2.05, 4.69) is 0 Å². The average Bonchev–Trinajstić information content (AvgIpc) is 2.39. The SMILES string of the molecule is OC(OCc1ccc(F)cc1)c1ccccc1. The maximum atomic E-state index is 12.7. The van der Waals surface area contributed by atoms with E-state index in [1.54, 1.807) is 24.3 Å². The van der Waals surface area contributed by atoms with Crippen molar-refractivity contribution in [3.63, 3.8) is 0 Å². The maximum Gasteiger partial charge on any atom is 0.181 e. The second-order valence-electron chi connectivity index (χ2n) is 3.70. The van der Waals surface area contributed by atoms with Crippen molar-refractivity contribution in [2.75, 3.05) is 0 Å². The predicted molar refractivity (Wildman–Crippen MR) is 62.6 cm³/mol. The average molecular weight is 232 g/mol. The Bertz CT molecular complexity index is 453. The van der Waals surface area contributed by atoms with Crippen molar-refractivity contribution in [1.82, 2.24) is 0 Å². The molecule has 0 saturated carbocycles. The summed E-state index contributed by atoms with van der Waals surface area (Å²) in [7, 11) is 0. The number of hydrogen-bond acceptors (Lipinski definition) is 2. The Balaban J connectivity index is 1.92. The summed E-state index contributed by atoms with van der Waals surface area (Å²) in [4.78, 5) is 0. The number of aliphatic hydroxyl groups excluding tert-OH is 1. The summed E-state index contributed by atoms with van der Waals surface area (Å²) in [5.74, 6) is -0.280. The molecule has 2 aromatic carbocycles. The molecule has 0 spiro atoms. The monoisotopic (exact) mass is 232 g/mol. The van der Waals surface area contributed by atoms with Crippen LogP contribution in [0.15, 0.2) is 54.6 Å². The lowest BCUT2D eigenvalue weighted by atomic mass is 10.2. The third-order valence-corrected chi connectivity index (χ3v) is 2.41. The zero-order chi connectivity index (χ0) is 12.1. The lowest BCUT2D eigenvalue weighted by Crippen LogP contribution is -2.03. The van der Waals surface area contributed by atoms with Gasteiger partial charge in [-0.1, -0.05) is 42.5 Å². The minimum absolute atomic E-state index is 0.246. The van der Waals surface area contributed by atoms with Gasteiger partial charge in [-0.05, 0) is 17.7 Å². The van der Waals surface area contributed by atoms with E-state index in [4.69, 9.17) is 4.74 Å². The summed E-state index contributed by atoms with van der Waals surface area (Å²) in [6.07, 6.45) is -0.957. The Morgan fingerprint density at radius 3 is 2.29 bits per heavy atom. The van der Waals surface area contributed by atoms with Crippen LogP contribution in [-0.2, 0) is 11.3 Å². The second kappa shape index (κ2) is 5.57. The topological polar surface area (TPSA) is 29.5 Å². The summed E-state index contributed by atoms with van der Waals surface area (Å²) in [6.45, 7) is 0.246. The highest BCUT2D eigenvalue weighted by Crippen LogP contribution is 2.15. The highest BCUT2D eigenvalue weighted by Gasteiger charge is 2.06. The van der Waals surface area contributed by atoms with Gasteiger partial charge in [0.15, 0.2) is 6.29 Å². The van der Waals surface area contributed by atoms with Crippen molar-refractivity contribution in [2.24, 2.45) is 0 Å². The number of aliphatic hydroxyl groups is 1. The van der Waals surface area contributed by atoms with Gasteiger partial charge in [0, 0.05) is 5.56 Å². The fourth-order valence-electron chi connectivity index (χ4n) is 1.47. The van der Waals surface area contributed by atoms with E-state index in [1.807, 2.05) is 18.2 Å². The smallest absolute Gasteiger partial charge is 0.181 e. The molecule has 1 N–H and O–H groups in total. The first-order valence-electron chi connectivity index (χ1n) is 5.35. The molecule has 0 aliphatic carbocycles. The van der Waals surface area contributed by atoms with Gasteiger partial charge in [-0.25, -0.2) is 4.39 Å². The van der Waals surface area contributed by atoms with Crippen molar-refractivity contribution in [2.45, 2.75) is 12.9 Å². The number of rotatable bonds is 4. The zero-order valence-corrected chi connectivity index (χ0v) is 9.21. The molecular weight excluding hydrogens is 219 g/mol. The van der Waals surface area contributed by atoms with Crippen LogP contribution in [0.1, 0.15) is 17.4 Å². The van der Waals surface area contributed by atoms with Crippen molar-refractivity contribution >= 4 is 0 Å². The van der Waals surface area contributed by atoms with Crippen LogP contribution in [0.25, 0.3) is 0 Å². The zero-order valence-electron chi connectivity index (χ0n) is 9.21. The fraction of sp³-hybridized carbons (Fsp3) is 0.143. The first kappa shape index (κ1) is 11.8. The van der Waals surface area contributed by atoms with Gasteiger partial charge in [0.25, 0.3) is 0 Å². The normalized spacial score (nSPS) is 12.4. The summed E-state index contributed by atoms with van der Waals surface area (Å²) in [5, 5.41) is 9.74. The van der Waals surface area contributed by atoms with Crippen LogP contribution in [0, 0.1) is 5.82 Å². The standard InChI is InChI=1S/C14H13FO2/c15-13-8-6-11(7-9-13)10-17-14(16)12-4-2-1-3-5-12/h1-9,14,16H,10H2. The fourth-order valence-corrected chi connectivity index (χ4v) is 1.47. The molecule has 17 heavy (non-hydrogen) atoms. The molecule has 0 aliphatic rings. The molecule has 3 heteroatoms. The van der Waals surface area contributed by atoms with Gasteiger partial charge in [-0.3, -0.25) is 0 Å². The molecule has 1 atom stereocenters. The van der Waals surface area contributed by atoms with E-state index in [0.717, 1.165) is 5.56 Å². The van der Waals surface area contributed by atoms with Gasteiger partial charge in [-0.15, -0.1) is 0 Å². The molecule has 0 bridgehead atoms. The van der Waals surface area contributed by atoms with Crippen LogP contribution >= 0.6 is 0 Å². The third-order valence-electron chi connectivity index (χ3n) is 2.41. The molecule has 2 nitrogen and oxygen atoms in total. The van der Waals surface area contributed by atoms with E-state index < -0.39 is 6.29 Å². The number of benzene rings is 2. The van der Waals surface area contributed by atoms with Crippen LogP contribution in [0.3, 0.4) is 0 Å². The highest BCUT2D eigenvalue weighted by atomic mass is 19.1. The molecular formula is C14H13FO2. The number of ether oxygens (including phenoxy) is 1. The molecule has 0 saturated heterocycles. The van der Waals surface area contributed by atoms with Crippen LogP contribution in [0.2, 0.25) is 0 Å². The van der Waals surface area contributed by atoms with Crippen LogP contribution in [0.4, 0.5) is 4.39 Å². The first-order valence-corrected chi connectivity index (χ1v) is 5.35. The van der Waals surface area contributed by atoms with E-state index >= 15 is 0 Å². The van der Waals surface area contributed by atoms with E-state index in [1.165, 1.54) is 12.1 Å². The van der Waals surface area contributed by atoms with Crippen molar-refractivity contribution < 1.29 is 14.2 Å². The Labute approximate surface area is 99.3 Å². The van der Waals surface area contributed by atoms with E-state index in [0.29, 0.717) is 5.56 Å². The Morgan fingerprint density at radius 1 is 1.00 bits per heavy atom. The van der Waals surface area contributed by atoms with Crippen molar-refractivity contribution in [1.29, 1.82) is 0 Å². The molecule has 1 unspecified atom stereocenters. The Kier molecular flexibility index (Phi) is 3.85. The van der Waals surface area contributed by atoms with Crippen molar-refractivity contribution in [3.8, 4) is 0 Å². The van der Waals surface area contributed by atoms with Gasteiger partial charge >= 0.3 is 0 Å². The van der Waals surface area contributed by atoms with Gasteiger partial charge in [0.05, 0.1) is 6.61 Å². The Hall–Kier alpha value is -1.71. The molecule has 0 aromatic heterocycles. The van der Waals surface area contributed by atoms with Crippen molar-refractivity contribution in [3.05, 3.63) is 71.5 Å². The quantitative estimate of drug-likeness (QED) is 0.821. The predicted octanol–water partition coefficient (Wildman–Crippen LogP) is 3.03. The van der Waals surface area contributed by atoms with Crippen LogP contribution in [0.5, 0.6) is 0 Å². The maximum absolute atomic E-state index is 12.7. The first-order chi connectivity index (χ1) is 8.25. The summed E-state index contributed by atoms with van der Waals surface area (Å²) >= 11 is 0. The minimum atomic E-state index is -0.957. The molecule has 0 amide bonds. The van der Waals surface area contributed by atoms with E-state index in [-0.39, 0.29) is 12.4 Å². The molecule has 88 valence electrons. The molecule has 0 radical (unpaired) electrons. The molecule has 2 rings (SSSR count). The summed E-state index contributed by atoms with van der Waals surface area (Å²) in [6, 6.07) is 15.1. The highest BCUT2D eigenvalue weighted by molar-refractivity contribution is 5.17. The summed E-state index contributed by atoms with van der Waals surface area (Å²) in [5.41, 5.74) is 1.52. The number of halogens is 1. The lowest BCUT2D eigenvalue weighted by molar-refractivity contribution is -0.111. The second-order valence-corrected chi connectivity index (χ2v) is 3.70. The number of hydrogen-bond donors (Lipinski definition) is 1. The summed E-state index contributed by atoms with van der Waals surface area (Å²) < 4.78 is 17.9. The van der Waals surface area contributed by atoms with Gasteiger partial charge < -0.3 is 9.84 Å². The lowest BCUT2D eigenvalue weighted by Gasteiger charge is -2.12. The largest absolute Gasteiger partial charge is 0.364 e. The molecule has 2 aromatic rings. The molecule has 0 heterocycles. The molecule has 0 aliphatic heterocycles.